The van der Waals surface area contributed by atoms with Crippen LogP contribution in [-0.4, -0.2) is 0 Å². The Bertz CT molecular complexity index is 1480. The van der Waals surface area contributed by atoms with Gasteiger partial charge >= 0.3 is 0 Å². The monoisotopic (exact) mass is 471 g/mol. The Hall–Kier alpha value is -4.12. The highest BCUT2D eigenvalue weighted by Gasteiger charge is 2.37. The predicted octanol–water partition coefficient (Wildman–Crippen LogP) is 8.92. The summed E-state index contributed by atoms with van der Waals surface area (Å²) in [5, 5.41) is 9.16. The average molecular weight is 472 g/mol. The number of nitriles is 1. The van der Waals surface area contributed by atoms with Crippen molar-refractivity contribution in [1.82, 2.24) is 0 Å². The van der Waals surface area contributed by atoms with E-state index in [1.54, 1.807) is 17.4 Å². The Morgan fingerprint density at radius 3 is 2.00 bits per heavy atom. The molecule has 1 aliphatic rings. The van der Waals surface area contributed by atoms with Crippen molar-refractivity contribution in [3.8, 4) is 16.5 Å². The first-order valence-corrected chi connectivity index (χ1v) is 12.4. The molecule has 0 radical (unpaired) electrons. The number of anilines is 3. The van der Waals surface area contributed by atoms with Gasteiger partial charge in [-0.3, -0.25) is 0 Å². The maximum Gasteiger partial charge on any atom is 0.263 e. The highest BCUT2D eigenvalue weighted by Crippen LogP contribution is 2.54. The zero-order valence-electron chi connectivity index (χ0n) is 20.3. The molecule has 3 nitrogen and oxygen atoms in total. The van der Waals surface area contributed by atoms with Crippen molar-refractivity contribution in [3.05, 3.63) is 117 Å². The van der Waals surface area contributed by atoms with E-state index in [4.69, 9.17) is 11.8 Å². The molecule has 3 aromatic carbocycles. The molecule has 0 amide bonds. The molecule has 35 heavy (non-hydrogen) atoms. The Balaban J connectivity index is 1.63. The second-order valence-electron chi connectivity index (χ2n) is 9.51. The summed E-state index contributed by atoms with van der Waals surface area (Å²) in [4.78, 5) is 7.80. The van der Waals surface area contributed by atoms with Gasteiger partial charge in [0.2, 0.25) is 0 Å². The fourth-order valence-electron chi connectivity index (χ4n) is 4.74. The van der Waals surface area contributed by atoms with Gasteiger partial charge in [-0.15, -0.1) is 11.3 Å². The number of nitrogens with zero attached hydrogens (tertiary/aromatic N) is 3. The van der Waals surface area contributed by atoms with Gasteiger partial charge in [0, 0.05) is 32.2 Å². The maximum atomic E-state index is 9.16. The number of allylic oxidation sites excluding steroid dienone is 1. The molecule has 1 aromatic heterocycles. The molecule has 0 bridgehead atoms. The van der Waals surface area contributed by atoms with Crippen molar-refractivity contribution in [2.75, 3.05) is 4.90 Å². The summed E-state index contributed by atoms with van der Waals surface area (Å²) in [6.45, 7) is 15.9. The van der Waals surface area contributed by atoms with Gasteiger partial charge in [0.05, 0.1) is 12.6 Å². The van der Waals surface area contributed by atoms with Crippen LogP contribution in [0.25, 0.3) is 21.4 Å². The minimum absolute atomic E-state index is 0.116. The molecule has 0 atom stereocenters. The Morgan fingerprint density at radius 1 is 0.886 bits per heavy atom. The molecule has 0 fully saturated rings. The molecule has 0 N–H and O–H groups in total. The minimum Gasteiger partial charge on any atom is -0.310 e. The molecule has 0 saturated carbocycles. The summed E-state index contributed by atoms with van der Waals surface area (Å²) in [5.74, 6) is 0. The van der Waals surface area contributed by atoms with Gasteiger partial charge in [0.25, 0.3) is 5.70 Å². The van der Waals surface area contributed by atoms with Crippen LogP contribution in [0.4, 0.5) is 17.1 Å². The van der Waals surface area contributed by atoms with Crippen molar-refractivity contribution in [2.45, 2.75) is 33.1 Å². The number of hydrogen-bond donors (Lipinski definition) is 0. The molecule has 170 valence electrons. The minimum atomic E-state index is -0.180. The van der Waals surface area contributed by atoms with E-state index in [0.717, 1.165) is 21.9 Å². The Kier molecular flexibility index (Phi) is 5.56. The highest BCUT2D eigenvalue weighted by molar-refractivity contribution is 7.16. The smallest absolute Gasteiger partial charge is 0.263 e. The van der Waals surface area contributed by atoms with E-state index in [1.807, 2.05) is 6.07 Å². The number of benzene rings is 3. The molecular weight excluding hydrogens is 446 g/mol. The lowest BCUT2D eigenvalue weighted by atomic mass is 9.82. The fraction of sp³-hybridized carbons (Fsp3) is 0.161. The van der Waals surface area contributed by atoms with E-state index in [-0.39, 0.29) is 11.1 Å². The SMILES string of the molecule is [C-]#[N+]/C(C#N)=C\c1cc2c(s1)-c1ccc(N(c3ccc(C)cc3)c3ccc(C)cc3)cc1C2(C)C. The summed E-state index contributed by atoms with van der Waals surface area (Å²) in [5.41, 5.74) is 9.56. The number of rotatable bonds is 4. The van der Waals surface area contributed by atoms with Crippen LogP contribution in [-0.2, 0) is 5.41 Å². The molecule has 0 saturated heterocycles. The quantitative estimate of drug-likeness (QED) is 0.220. The van der Waals surface area contributed by atoms with Crippen molar-refractivity contribution in [3.63, 3.8) is 0 Å². The third-order valence-corrected chi connectivity index (χ3v) is 7.82. The first-order valence-electron chi connectivity index (χ1n) is 11.5. The van der Waals surface area contributed by atoms with Crippen LogP contribution >= 0.6 is 11.3 Å². The van der Waals surface area contributed by atoms with Crippen LogP contribution in [0.15, 0.2) is 78.5 Å². The third-order valence-electron chi connectivity index (χ3n) is 6.70. The molecule has 0 aliphatic heterocycles. The van der Waals surface area contributed by atoms with Crippen LogP contribution in [0.3, 0.4) is 0 Å². The maximum absolute atomic E-state index is 9.16. The molecule has 1 heterocycles. The lowest BCUT2D eigenvalue weighted by Crippen LogP contribution is -2.16. The van der Waals surface area contributed by atoms with E-state index >= 15 is 0 Å². The second-order valence-corrected chi connectivity index (χ2v) is 10.6. The van der Waals surface area contributed by atoms with Crippen LogP contribution < -0.4 is 4.90 Å². The molecule has 0 unspecified atom stereocenters. The van der Waals surface area contributed by atoms with Crippen molar-refractivity contribution >= 4 is 34.5 Å². The van der Waals surface area contributed by atoms with E-state index in [0.29, 0.717) is 0 Å². The molecule has 4 heteroatoms. The number of thiophene rings is 1. The second kappa shape index (κ2) is 8.58. The topological polar surface area (TPSA) is 31.4 Å². The number of hydrogen-bond acceptors (Lipinski definition) is 3. The standard InChI is InChI=1S/C31H25N3S/c1-20-6-10-23(11-7-20)34(24-12-8-21(2)9-13-24)25-14-15-27-28(17-25)31(3,4)29-18-26(35-30(27)29)16-22(19-32)33-5/h6-18H,1-4H3/b22-16-. The molecule has 5 rings (SSSR count). The predicted molar refractivity (Wildman–Crippen MR) is 146 cm³/mol. The number of aryl methyl sites for hydroxylation is 2. The normalized spacial score (nSPS) is 13.5. The molecule has 1 aliphatic carbocycles. The van der Waals surface area contributed by atoms with Crippen molar-refractivity contribution in [1.29, 1.82) is 5.26 Å². The summed E-state index contributed by atoms with van der Waals surface area (Å²) in [6, 6.07) is 28.1. The first kappa shape index (κ1) is 22.7. The Labute approximate surface area is 211 Å². The summed E-state index contributed by atoms with van der Waals surface area (Å²) in [6.07, 6.45) is 1.69. The van der Waals surface area contributed by atoms with Gasteiger partial charge < -0.3 is 4.90 Å². The van der Waals surface area contributed by atoms with Crippen LogP contribution in [0.1, 0.15) is 41.0 Å². The van der Waals surface area contributed by atoms with Gasteiger partial charge in [-0.25, -0.2) is 10.1 Å². The summed E-state index contributed by atoms with van der Waals surface area (Å²) in [7, 11) is 0. The van der Waals surface area contributed by atoms with E-state index in [2.05, 4.69) is 110 Å². The van der Waals surface area contributed by atoms with Crippen LogP contribution in [0.2, 0.25) is 0 Å². The zero-order chi connectivity index (χ0) is 24.7. The van der Waals surface area contributed by atoms with Gasteiger partial charge in [0.1, 0.15) is 0 Å². The van der Waals surface area contributed by atoms with Crippen molar-refractivity contribution < 1.29 is 0 Å². The van der Waals surface area contributed by atoms with E-state index in [9.17, 15) is 0 Å². The Morgan fingerprint density at radius 2 is 1.46 bits per heavy atom. The highest BCUT2D eigenvalue weighted by atomic mass is 32.1. The van der Waals surface area contributed by atoms with Gasteiger partial charge in [-0.05, 0) is 79.1 Å². The molecule has 0 spiro atoms. The largest absolute Gasteiger partial charge is 0.310 e. The molecule has 4 aromatic rings. The fourth-order valence-corrected chi connectivity index (χ4v) is 6.03. The third kappa shape index (κ3) is 3.93. The van der Waals surface area contributed by atoms with Crippen LogP contribution in [0, 0.1) is 31.8 Å². The lowest BCUT2D eigenvalue weighted by molar-refractivity contribution is 0.662. The van der Waals surface area contributed by atoms with Gasteiger partial charge in [-0.2, -0.15) is 0 Å². The summed E-state index contributed by atoms with van der Waals surface area (Å²) < 4.78 is 0. The average Bonchev–Trinajstić information content (AvgIpc) is 3.37. The van der Waals surface area contributed by atoms with E-state index in [1.165, 1.54) is 32.7 Å². The van der Waals surface area contributed by atoms with E-state index < -0.39 is 0 Å². The molecular formula is C31H25N3S. The van der Waals surface area contributed by atoms with Gasteiger partial charge in [0.15, 0.2) is 0 Å². The first-order chi connectivity index (χ1) is 16.8. The summed E-state index contributed by atoms with van der Waals surface area (Å²) >= 11 is 1.65. The lowest BCUT2D eigenvalue weighted by Gasteiger charge is -2.28. The number of fused-ring (bicyclic) bond motifs is 3. The zero-order valence-corrected chi connectivity index (χ0v) is 21.1. The van der Waals surface area contributed by atoms with Gasteiger partial charge in [-0.1, -0.05) is 55.3 Å². The van der Waals surface area contributed by atoms with Crippen molar-refractivity contribution in [2.24, 2.45) is 0 Å². The van der Waals surface area contributed by atoms with Crippen LogP contribution in [0.5, 0.6) is 0 Å².